The van der Waals surface area contributed by atoms with Gasteiger partial charge < -0.3 is 18.8 Å². The van der Waals surface area contributed by atoms with E-state index in [0.29, 0.717) is 5.65 Å². The molecule has 0 spiro atoms. The van der Waals surface area contributed by atoms with Gasteiger partial charge in [-0.05, 0) is 29.9 Å². The number of hydrogen-bond acceptors (Lipinski definition) is 10. The number of halogens is 1. The molecule has 8 nitrogen and oxygen atoms in total. The van der Waals surface area contributed by atoms with E-state index in [2.05, 4.69) is 48.8 Å². The predicted octanol–water partition coefficient (Wildman–Crippen LogP) is 4.88. The fourth-order valence-corrected chi connectivity index (χ4v) is 13.5. The highest BCUT2D eigenvalue weighted by Gasteiger charge is 2.52. The Morgan fingerprint density at radius 3 is 2.66 bits per heavy atom. The van der Waals surface area contributed by atoms with E-state index in [1.54, 1.807) is 22.8 Å². The number of aromatic hydroxyl groups is 1. The average Bonchev–Trinajstić information content (AvgIpc) is 3.39. The largest absolute Gasteiger partial charge is 0.492 e. The molecule has 2 aliphatic heterocycles. The lowest BCUT2D eigenvalue weighted by Gasteiger charge is -2.39. The third kappa shape index (κ3) is 4.77. The second kappa shape index (κ2) is 9.07. The fraction of sp³-hybridized carbons (Fsp3) is 0.722. The van der Waals surface area contributed by atoms with Gasteiger partial charge in [-0.1, -0.05) is 43.5 Å². The van der Waals surface area contributed by atoms with Gasteiger partial charge in [-0.2, -0.15) is 4.98 Å². The van der Waals surface area contributed by atoms with Gasteiger partial charge in [0.25, 0.3) is 0 Å². The first-order valence-corrected chi connectivity index (χ1v) is 19.1. The van der Waals surface area contributed by atoms with E-state index in [-0.39, 0.29) is 23.0 Å². The number of alkyl halides is 1. The summed E-state index contributed by atoms with van der Waals surface area (Å²) < 4.78 is 34.2. The van der Waals surface area contributed by atoms with Gasteiger partial charge in [-0.15, -0.1) is 0 Å². The molecule has 0 unspecified atom stereocenters. The number of imidazole rings is 1. The highest BCUT2D eigenvalue weighted by atomic mass is 33.2. The van der Waals surface area contributed by atoms with Crippen LogP contribution in [0.4, 0.5) is 4.39 Å². The highest BCUT2D eigenvalue weighted by molar-refractivity contribution is 9.00. The van der Waals surface area contributed by atoms with Gasteiger partial charge in [0, 0.05) is 11.5 Å². The summed E-state index contributed by atoms with van der Waals surface area (Å²) in [6, 6.07) is 0. The van der Waals surface area contributed by atoms with Crippen molar-refractivity contribution in [2.75, 3.05) is 18.1 Å². The molecule has 4 rings (SSSR count). The van der Waals surface area contributed by atoms with Crippen LogP contribution in [-0.4, -0.2) is 69.4 Å². The Balaban J connectivity index is 1.63. The topological polar surface area (TPSA) is 91.5 Å². The van der Waals surface area contributed by atoms with Crippen LogP contribution in [0.15, 0.2) is 12.7 Å². The van der Waals surface area contributed by atoms with Crippen molar-refractivity contribution in [3.63, 3.8) is 0 Å². The Bertz CT molecular complexity index is 1030. The van der Waals surface area contributed by atoms with Crippen LogP contribution in [0.1, 0.15) is 27.0 Å². The van der Waals surface area contributed by atoms with Gasteiger partial charge in [0.05, 0.1) is 12.9 Å². The molecule has 0 aliphatic carbocycles. The summed E-state index contributed by atoms with van der Waals surface area (Å²) in [4.78, 5) is 12.0. The maximum absolute atomic E-state index is 15.9. The van der Waals surface area contributed by atoms with Crippen molar-refractivity contribution in [1.82, 2.24) is 19.5 Å². The maximum atomic E-state index is 15.9. The van der Waals surface area contributed by atoms with Gasteiger partial charge in [0.2, 0.25) is 5.88 Å². The molecule has 0 saturated carbocycles. The molecule has 1 N–H and O–H groups in total. The third-order valence-corrected chi connectivity index (χ3v) is 20.4. The first kappa shape index (κ1) is 24.8. The molecule has 2 saturated heterocycles. The number of fused-ring (bicyclic) bond motifs is 1. The van der Waals surface area contributed by atoms with E-state index < -0.39 is 37.6 Å². The van der Waals surface area contributed by atoms with E-state index in [1.807, 2.05) is 0 Å². The molecule has 0 bridgehead atoms. The summed E-state index contributed by atoms with van der Waals surface area (Å²) in [5, 5.41) is 9.86. The van der Waals surface area contributed by atoms with E-state index in [1.165, 1.54) is 17.2 Å². The summed E-state index contributed by atoms with van der Waals surface area (Å²) in [7, 11) is -2.30. The zero-order valence-corrected chi connectivity index (χ0v) is 22.9. The van der Waals surface area contributed by atoms with Crippen molar-refractivity contribution < 1.29 is 23.2 Å². The number of rotatable bonds is 6. The lowest BCUT2D eigenvalue weighted by atomic mass is 10.1. The van der Waals surface area contributed by atoms with Crippen molar-refractivity contribution in [1.29, 1.82) is 0 Å². The first-order valence-electron chi connectivity index (χ1n) is 10.3. The van der Waals surface area contributed by atoms with Crippen molar-refractivity contribution in [2.24, 2.45) is 0 Å². The van der Waals surface area contributed by atoms with Crippen LogP contribution < -0.4 is 0 Å². The van der Waals surface area contributed by atoms with Crippen molar-refractivity contribution in [3.05, 3.63) is 12.7 Å². The number of aromatic nitrogens is 4. The summed E-state index contributed by atoms with van der Waals surface area (Å²) in [5.74, 6) is 1.68. The molecule has 4 heterocycles. The Hall–Kier alpha value is -0.273. The van der Waals surface area contributed by atoms with Crippen LogP contribution in [0, 0.1) is 0 Å². The smallest absolute Gasteiger partial charge is 0.242 e. The molecule has 4 atom stereocenters. The Morgan fingerprint density at radius 1 is 1.31 bits per heavy atom. The molecular formula is C18H28FN4O4PS3Si. The van der Waals surface area contributed by atoms with Gasteiger partial charge in [-0.3, -0.25) is 4.57 Å². The van der Waals surface area contributed by atoms with Crippen LogP contribution in [-0.2, 0) is 25.5 Å². The number of nitrogens with zero attached hydrogens (tertiary/aromatic N) is 4. The third-order valence-electron chi connectivity index (χ3n) is 6.10. The lowest BCUT2D eigenvalue weighted by Crippen LogP contribution is -2.49. The molecule has 0 amide bonds. The van der Waals surface area contributed by atoms with Crippen LogP contribution in [0.5, 0.6) is 5.88 Å². The molecule has 14 heteroatoms. The molecule has 0 aromatic carbocycles. The average molecular weight is 539 g/mol. The quantitative estimate of drug-likeness (QED) is 0.405. The van der Waals surface area contributed by atoms with Gasteiger partial charge in [0.15, 0.2) is 36.5 Å². The minimum atomic E-state index is -2.30. The molecular weight excluding hydrogens is 510 g/mol. The minimum Gasteiger partial charge on any atom is -0.492 e. The van der Waals surface area contributed by atoms with Gasteiger partial charge in [0.1, 0.15) is 18.5 Å². The minimum absolute atomic E-state index is 0.0969. The molecule has 2 fully saturated rings. The number of hydrogen-bond donors (Lipinski definition) is 1. The fourth-order valence-electron chi connectivity index (χ4n) is 3.31. The summed E-state index contributed by atoms with van der Waals surface area (Å²) in [6.45, 7) is 10.7. The van der Waals surface area contributed by atoms with E-state index in [9.17, 15) is 5.11 Å². The zero-order chi connectivity index (χ0) is 23.3. The van der Waals surface area contributed by atoms with Crippen molar-refractivity contribution in [2.45, 2.75) is 63.5 Å². The highest BCUT2D eigenvalue weighted by Crippen LogP contribution is 2.74. The Morgan fingerprint density at radius 2 is 2.00 bits per heavy atom. The van der Waals surface area contributed by atoms with E-state index in [0.717, 1.165) is 11.5 Å². The molecule has 2 aromatic heterocycles. The normalized spacial score (nSPS) is 28.6. The van der Waals surface area contributed by atoms with Crippen molar-refractivity contribution in [3.8, 4) is 5.88 Å². The molecule has 2 aromatic rings. The molecule has 0 radical (unpaired) electrons. The molecule has 2 aliphatic rings. The van der Waals surface area contributed by atoms with Crippen LogP contribution >= 0.6 is 27.4 Å². The summed E-state index contributed by atoms with van der Waals surface area (Å²) in [5.41, 5.74) is 0.492. The van der Waals surface area contributed by atoms with Crippen LogP contribution in [0.3, 0.4) is 0 Å². The zero-order valence-electron chi connectivity index (χ0n) is 18.6. The van der Waals surface area contributed by atoms with Gasteiger partial charge >= 0.3 is 0 Å². The van der Waals surface area contributed by atoms with E-state index in [4.69, 9.17) is 25.5 Å². The number of ether oxygens (including phenoxy) is 1. The van der Waals surface area contributed by atoms with Crippen LogP contribution in [0.2, 0.25) is 18.1 Å². The maximum Gasteiger partial charge on any atom is 0.242 e. The Kier molecular flexibility index (Phi) is 7.04. The lowest BCUT2D eigenvalue weighted by molar-refractivity contribution is -0.0378. The standard InChI is InChI=1S/C18H28FN4O4PS3Si/c1-18(2,3)32(4,5)27-14-11(8-25-28(29)30-6-7-31-28)26-17(12(14)19)23-10-22-13-15(23)20-9-21-16(13)24/h9-12,14,17H,6-8H2,1-5H3,(H,20,21,24)/t11-,12-,14-,17-/m1/s1. The van der Waals surface area contributed by atoms with E-state index >= 15 is 4.39 Å². The van der Waals surface area contributed by atoms with Crippen LogP contribution in [0.25, 0.3) is 11.2 Å². The summed E-state index contributed by atoms with van der Waals surface area (Å²) in [6.07, 6.45) is -1.31. The molecule has 178 valence electrons. The predicted molar refractivity (Wildman–Crippen MR) is 133 cm³/mol. The Labute approximate surface area is 201 Å². The SMILES string of the molecule is CC(C)(C)[Si](C)(C)O[C@H]1[C@@H](F)[C@H](n2cnc3c(O)ncnc32)O[C@@H]1COP1(=S)SCCS1. The second-order valence-electron chi connectivity index (χ2n) is 9.28. The van der Waals surface area contributed by atoms with Crippen molar-refractivity contribution >= 4 is 58.7 Å². The molecule has 32 heavy (non-hydrogen) atoms. The monoisotopic (exact) mass is 538 g/mol. The first-order chi connectivity index (χ1) is 14.9. The van der Waals surface area contributed by atoms with Gasteiger partial charge in [-0.25, -0.2) is 14.4 Å². The second-order valence-corrected chi connectivity index (χ2v) is 24.8. The summed E-state index contributed by atoms with van der Waals surface area (Å²) >= 11 is 9.05.